The average molecular weight is 270 g/mol. The van der Waals surface area contributed by atoms with Gasteiger partial charge in [-0.1, -0.05) is 36.5 Å². The van der Waals surface area contributed by atoms with Gasteiger partial charge in [0.25, 0.3) is 0 Å². The summed E-state index contributed by atoms with van der Waals surface area (Å²) in [5.74, 6) is 0. The van der Waals surface area contributed by atoms with E-state index >= 15 is 0 Å². The van der Waals surface area contributed by atoms with Crippen molar-refractivity contribution in [3.8, 4) is 0 Å². The van der Waals surface area contributed by atoms with Gasteiger partial charge in [0, 0.05) is 0 Å². The molecule has 0 atom stereocenters. The molecule has 20 heavy (non-hydrogen) atoms. The smallest absolute Gasteiger partial charge is 0.129 e. The highest BCUT2D eigenvalue weighted by Crippen LogP contribution is 2.31. The van der Waals surface area contributed by atoms with Crippen molar-refractivity contribution < 1.29 is 8.97 Å². The fourth-order valence-electron chi connectivity index (χ4n) is 4.50. The zero-order valence-corrected chi connectivity index (χ0v) is 12.4. The fraction of sp³-hybridized carbons (Fsp3) is 0.556. The molecule has 2 bridgehead atoms. The Labute approximate surface area is 122 Å². The maximum atomic E-state index is 2.35. The molecule has 0 radical (unpaired) electrons. The number of nitrogens with zero attached hydrogens (tertiary/aromatic N) is 2. The minimum absolute atomic E-state index is 1.21. The van der Waals surface area contributed by atoms with Gasteiger partial charge >= 0.3 is 0 Å². The summed E-state index contributed by atoms with van der Waals surface area (Å²) < 4.78 is 2.76. The molecule has 0 unspecified atom stereocenters. The van der Waals surface area contributed by atoms with Crippen LogP contribution in [0.3, 0.4) is 0 Å². The van der Waals surface area contributed by atoms with E-state index < -0.39 is 0 Å². The lowest BCUT2D eigenvalue weighted by Crippen LogP contribution is -2.75. The van der Waals surface area contributed by atoms with E-state index in [0.717, 1.165) is 0 Å². The van der Waals surface area contributed by atoms with Crippen molar-refractivity contribution in [2.45, 2.75) is 12.8 Å². The van der Waals surface area contributed by atoms with E-state index in [1.165, 1.54) is 74.2 Å². The monoisotopic (exact) mass is 270 g/mol. The first-order chi connectivity index (χ1) is 9.78. The van der Waals surface area contributed by atoms with Gasteiger partial charge in [0.2, 0.25) is 0 Å². The predicted molar refractivity (Wildman–Crippen MR) is 83.1 cm³/mol. The van der Waals surface area contributed by atoms with Crippen LogP contribution in [0.25, 0.3) is 0 Å². The number of piperazine rings is 3. The molecule has 2 nitrogen and oxygen atoms in total. The van der Waals surface area contributed by atoms with Gasteiger partial charge < -0.3 is 8.97 Å². The van der Waals surface area contributed by atoms with E-state index in [0.29, 0.717) is 0 Å². The molecule has 0 aromatic rings. The molecule has 5 aliphatic rings. The van der Waals surface area contributed by atoms with Crippen molar-refractivity contribution in [1.82, 2.24) is 0 Å². The van der Waals surface area contributed by atoms with Crippen LogP contribution in [0.1, 0.15) is 12.8 Å². The van der Waals surface area contributed by atoms with Crippen LogP contribution in [-0.2, 0) is 0 Å². The Morgan fingerprint density at radius 1 is 0.650 bits per heavy atom. The fourth-order valence-corrected chi connectivity index (χ4v) is 4.50. The maximum Gasteiger partial charge on any atom is 0.129 e. The van der Waals surface area contributed by atoms with Gasteiger partial charge in [-0.3, -0.25) is 0 Å². The van der Waals surface area contributed by atoms with Gasteiger partial charge in [0.05, 0.1) is 0 Å². The van der Waals surface area contributed by atoms with Gasteiger partial charge in [-0.2, -0.15) is 0 Å². The molecule has 3 heterocycles. The van der Waals surface area contributed by atoms with Crippen LogP contribution in [0.15, 0.2) is 47.6 Å². The third-order valence-corrected chi connectivity index (χ3v) is 5.92. The lowest BCUT2D eigenvalue weighted by molar-refractivity contribution is -1.08. The molecule has 0 aromatic heterocycles. The molecule has 0 aromatic carbocycles. The molecule has 5 rings (SSSR count). The summed E-state index contributed by atoms with van der Waals surface area (Å²) in [6.45, 7) is 11.0. The second kappa shape index (κ2) is 4.71. The average Bonchev–Trinajstić information content (AvgIpc) is 3.15. The van der Waals surface area contributed by atoms with E-state index in [2.05, 4.69) is 36.5 Å². The zero-order valence-electron chi connectivity index (χ0n) is 12.4. The molecule has 3 saturated heterocycles. The lowest BCUT2D eigenvalue weighted by atomic mass is 10.0. The predicted octanol–water partition coefficient (Wildman–Crippen LogP) is 2.42. The minimum Gasteiger partial charge on any atom is -0.306 e. The number of allylic oxidation sites excluding steroid dienone is 6. The summed E-state index contributed by atoms with van der Waals surface area (Å²) in [7, 11) is 0. The van der Waals surface area contributed by atoms with Gasteiger partial charge in [-0.25, -0.2) is 0 Å². The summed E-state index contributed by atoms with van der Waals surface area (Å²) in [5, 5.41) is 0. The molecule has 3 fully saturated rings. The normalized spacial score (nSPS) is 38.4. The Hall–Kier alpha value is -1.12. The highest BCUT2D eigenvalue weighted by molar-refractivity contribution is 5.24. The second-order valence-corrected chi connectivity index (χ2v) is 7.26. The molecule has 0 N–H and O–H groups in total. The molecular formula is C18H26N2+2. The second-order valence-electron chi connectivity index (χ2n) is 7.26. The van der Waals surface area contributed by atoms with Crippen molar-refractivity contribution in [1.29, 1.82) is 0 Å². The molecule has 0 amide bonds. The largest absolute Gasteiger partial charge is 0.306 e. The van der Waals surface area contributed by atoms with Crippen LogP contribution < -0.4 is 0 Å². The van der Waals surface area contributed by atoms with Crippen molar-refractivity contribution in [2.75, 3.05) is 52.4 Å². The van der Waals surface area contributed by atoms with Crippen molar-refractivity contribution in [3.63, 3.8) is 0 Å². The summed E-state index contributed by atoms with van der Waals surface area (Å²) in [5.41, 5.74) is 3.32. The van der Waals surface area contributed by atoms with Crippen LogP contribution in [-0.4, -0.2) is 61.3 Å². The van der Waals surface area contributed by atoms with Gasteiger partial charge in [-0.05, 0) is 24.0 Å². The van der Waals surface area contributed by atoms with Crippen LogP contribution in [0.2, 0.25) is 0 Å². The molecular weight excluding hydrogens is 244 g/mol. The maximum absolute atomic E-state index is 2.35. The zero-order chi connectivity index (χ0) is 13.5. The third kappa shape index (κ3) is 2.21. The quantitative estimate of drug-likeness (QED) is 0.688. The SMILES string of the molecule is C1=CCC(C[N+]23CC[N+](CC4=CC=CC4)(CC2)CC3)=C1. The van der Waals surface area contributed by atoms with Crippen LogP contribution in [0.5, 0.6) is 0 Å². The van der Waals surface area contributed by atoms with Crippen molar-refractivity contribution in [3.05, 3.63) is 47.6 Å². The molecule has 0 saturated carbocycles. The summed E-state index contributed by atoms with van der Waals surface area (Å²) >= 11 is 0. The van der Waals surface area contributed by atoms with Crippen molar-refractivity contribution >= 4 is 0 Å². The number of hydrogen-bond donors (Lipinski definition) is 0. The number of rotatable bonds is 4. The Kier molecular flexibility index (Phi) is 2.97. The first-order valence-corrected chi connectivity index (χ1v) is 8.17. The van der Waals surface area contributed by atoms with Crippen LogP contribution in [0.4, 0.5) is 0 Å². The first kappa shape index (κ1) is 12.6. The van der Waals surface area contributed by atoms with E-state index in [1.807, 2.05) is 0 Å². The highest BCUT2D eigenvalue weighted by Gasteiger charge is 2.49. The molecule has 3 aliphatic heterocycles. The Bertz CT molecular complexity index is 449. The number of hydrogen-bond acceptors (Lipinski definition) is 0. The minimum atomic E-state index is 1.21. The topological polar surface area (TPSA) is 0 Å². The molecule has 2 aliphatic carbocycles. The summed E-state index contributed by atoms with van der Waals surface area (Å²) in [6.07, 6.45) is 16.2. The molecule has 2 heteroatoms. The Balaban J connectivity index is 1.41. The van der Waals surface area contributed by atoms with E-state index in [-0.39, 0.29) is 0 Å². The van der Waals surface area contributed by atoms with Gasteiger partial charge in [-0.15, -0.1) is 0 Å². The standard InChI is InChI=1S/C18H26N2/c1-2-6-17(5-1)15-19-9-12-20(13-10-19,14-11-19)16-18-7-3-4-8-18/h1-5,7H,6,8-16H2/q+2. The number of quaternary nitrogens is 2. The van der Waals surface area contributed by atoms with E-state index in [1.54, 1.807) is 11.1 Å². The lowest BCUT2D eigenvalue weighted by Gasteiger charge is -2.56. The summed E-state index contributed by atoms with van der Waals surface area (Å²) in [6, 6.07) is 0. The van der Waals surface area contributed by atoms with E-state index in [9.17, 15) is 0 Å². The van der Waals surface area contributed by atoms with Crippen LogP contribution >= 0.6 is 0 Å². The molecule has 0 spiro atoms. The van der Waals surface area contributed by atoms with Gasteiger partial charge in [0.1, 0.15) is 52.4 Å². The first-order valence-electron chi connectivity index (χ1n) is 8.17. The highest BCUT2D eigenvalue weighted by atomic mass is 15.5. The summed E-state index contributed by atoms with van der Waals surface area (Å²) in [4.78, 5) is 0. The van der Waals surface area contributed by atoms with Crippen molar-refractivity contribution in [2.24, 2.45) is 0 Å². The van der Waals surface area contributed by atoms with Crippen LogP contribution in [0, 0.1) is 0 Å². The number of fused-ring (bicyclic) bond motifs is 3. The Morgan fingerprint density at radius 2 is 1.05 bits per heavy atom. The van der Waals surface area contributed by atoms with Gasteiger partial charge in [0.15, 0.2) is 0 Å². The molecule has 106 valence electrons. The Morgan fingerprint density at radius 3 is 1.35 bits per heavy atom. The third-order valence-electron chi connectivity index (χ3n) is 5.92. The van der Waals surface area contributed by atoms with E-state index in [4.69, 9.17) is 0 Å².